The first-order chi connectivity index (χ1) is 9.90. The van der Waals surface area contributed by atoms with Crippen LogP contribution in [0.3, 0.4) is 0 Å². The Hall–Kier alpha value is -1.11. The van der Waals surface area contributed by atoms with E-state index in [1.54, 1.807) is 24.3 Å². The van der Waals surface area contributed by atoms with Crippen molar-refractivity contribution in [3.63, 3.8) is 0 Å². The largest absolute Gasteiger partial charge is 0.382 e. The van der Waals surface area contributed by atoms with Crippen molar-refractivity contribution in [2.75, 3.05) is 18.4 Å². The molecule has 0 aromatic heterocycles. The Bertz CT molecular complexity index is 512. The highest BCUT2D eigenvalue weighted by molar-refractivity contribution is 7.89. The molecule has 21 heavy (non-hydrogen) atoms. The first-order valence-corrected chi connectivity index (χ1v) is 8.95. The minimum Gasteiger partial charge on any atom is -0.382 e. The molecule has 0 amide bonds. The van der Waals surface area contributed by atoms with Crippen LogP contribution in [-0.2, 0) is 10.0 Å². The second kappa shape index (κ2) is 8.36. The fourth-order valence-corrected chi connectivity index (χ4v) is 3.15. The summed E-state index contributed by atoms with van der Waals surface area (Å²) in [6.45, 7) is 7.29. The molecule has 4 N–H and O–H groups in total. The van der Waals surface area contributed by atoms with Gasteiger partial charge in [0.2, 0.25) is 10.0 Å². The molecule has 0 saturated carbocycles. The summed E-state index contributed by atoms with van der Waals surface area (Å²) >= 11 is 0. The van der Waals surface area contributed by atoms with Crippen LogP contribution in [0.5, 0.6) is 0 Å². The monoisotopic (exact) mass is 313 g/mol. The number of sulfonamides is 1. The molecule has 0 aliphatic heterocycles. The van der Waals surface area contributed by atoms with Crippen LogP contribution in [0.4, 0.5) is 5.69 Å². The van der Waals surface area contributed by atoms with E-state index in [9.17, 15) is 8.42 Å². The van der Waals surface area contributed by atoms with Gasteiger partial charge in [-0.3, -0.25) is 0 Å². The second-order valence-corrected chi connectivity index (χ2v) is 7.26. The molecule has 1 unspecified atom stereocenters. The van der Waals surface area contributed by atoms with Crippen LogP contribution in [0.1, 0.15) is 33.6 Å². The van der Waals surface area contributed by atoms with Crippen molar-refractivity contribution in [2.45, 2.75) is 44.6 Å². The summed E-state index contributed by atoms with van der Waals surface area (Å²) in [5.41, 5.74) is 6.53. The summed E-state index contributed by atoms with van der Waals surface area (Å²) in [6.07, 6.45) is 1.66. The molecule has 0 bridgehead atoms. The Morgan fingerprint density at radius 1 is 1.19 bits per heavy atom. The van der Waals surface area contributed by atoms with E-state index in [0.717, 1.165) is 18.5 Å². The maximum absolute atomic E-state index is 12.0. The van der Waals surface area contributed by atoms with Crippen LogP contribution in [0.25, 0.3) is 0 Å². The lowest BCUT2D eigenvalue weighted by atomic mass is 10.0. The molecule has 0 aliphatic carbocycles. The molecule has 120 valence electrons. The van der Waals surface area contributed by atoms with Gasteiger partial charge in [-0.1, -0.05) is 20.8 Å². The summed E-state index contributed by atoms with van der Waals surface area (Å²) in [5, 5.41) is 3.41. The molecule has 6 heteroatoms. The average Bonchev–Trinajstić information content (AvgIpc) is 2.45. The zero-order valence-corrected chi connectivity index (χ0v) is 13.9. The Balaban J connectivity index is 2.78. The molecular formula is C15H27N3O2S. The number of nitrogens with two attached hydrogens (primary N) is 1. The van der Waals surface area contributed by atoms with Crippen molar-refractivity contribution in [1.82, 2.24) is 4.72 Å². The van der Waals surface area contributed by atoms with E-state index in [1.807, 2.05) is 6.92 Å². The van der Waals surface area contributed by atoms with Crippen LogP contribution in [0, 0.1) is 5.92 Å². The number of hydrogen-bond acceptors (Lipinski definition) is 4. The van der Waals surface area contributed by atoms with Gasteiger partial charge in [-0.25, -0.2) is 13.1 Å². The van der Waals surface area contributed by atoms with Gasteiger partial charge in [0.05, 0.1) is 4.90 Å². The number of rotatable bonds is 9. The lowest BCUT2D eigenvalue weighted by Crippen LogP contribution is -2.28. The van der Waals surface area contributed by atoms with Gasteiger partial charge in [-0.2, -0.15) is 0 Å². The Morgan fingerprint density at radius 3 is 2.29 bits per heavy atom. The van der Waals surface area contributed by atoms with Gasteiger partial charge < -0.3 is 11.1 Å². The molecule has 0 heterocycles. The van der Waals surface area contributed by atoms with E-state index in [1.165, 1.54) is 0 Å². The lowest BCUT2D eigenvalue weighted by Gasteiger charge is -2.23. The summed E-state index contributed by atoms with van der Waals surface area (Å²) in [4.78, 5) is 0.293. The molecule has 1 rings (SSSR count). The van der Waals surface area contributed by atoms with E-state index in [-0.39, 0.29) is 6.04 Å². The second-order valence-electron chi connectivity index (χ2n) is 5.49. The number of hydrogen-bond donors (Lipinski definition) is 3. The molecule has 0 fully saturated rings. The summed E-state index contributed by atoms with van der Waals surface area (Å²) in [6, 6.07) is 7.13. The maximum Gasteiger partial charge on any atom is 0.240 e. The average molecular weight is 313 g/mol. The topological polar surface area (TPSA) is 84.2 Å². The molecule has 0 saturated heterocycles. The van der Waals surface area contributed by atoms with Crippen LogP contribution < -0.4 is 15.8 Å². The normalized spacial score (nSPS) is 13.4. The van der Waals surface area contributed by atoms with Crippen LogP contribution in [-0.4, -0.2) is 27.5 Å². The quantitative estimate of drug-likeness (QED) is 0.652. The third-order valence-corrected chi connectivity index (χ3v) is 4.82. The van der Waals surface area contributed by atoms with E-state index < -0.39 is 10.0 Å². The molecule has 5 nitrogen and oxygen atoms in total. The van der Waals surface area contributed by atoms with Gasteiger partial charge >= 0.3 is 0 Å². The Labute approximate surface area is 128 Å². The van der Waals surface area contributed by atoms with E-state index in [0.29, 0.717) is 23.9 Å². The number of nitrogens with one attached hydrogen (secondary N) is 2. The standard InChI is InChI=1S/C15H27N3O2S/c1-4-11-17-21(19,20)14-7-5-13(6-8-14)18-15(9-10-16)12(2)3/h5-8,12,15,17-18H,4,9-11,16H2,1-3H3. The highest BCUT2D eigenvalue weighted by Gasteiger charge is 2.14. The highest BCUT2D eigenvalue weighted by atomic mass is 32.2. The minimum atomic E-state index is -3.39. The van der Waals surface area contributed by atoms with Crippen molar-refractivity contribution >= 4 is 15.7 Å². The van der Waals surface area contributed by atoms with Gasteiger partial charge in [0.25, 0.3) is 0 Å². The highest BCUT2D eigenvalue weighted by Crippen LogP contribution is 2.18. The zero-order valence-electron chi connectivity index (χ0n) is 13.1. The molecular weight excluding hydrogens is 286 g/mol. The number of benzene rings is 1. The van der Waals surface area contributed by atoms with Gasteiger partial charge in [-0.15, -0.1) is 0 Å². The fourth-order valence-electron chi connectivity index (χ4n) is 2.02. The molecule has 0 aliphatic rings. The van der Waals surface area contributed by atoms with Crippen molar-refractivity contribution < 1.29 is 8.42 Å². The Morgan fingerprint density at radius 2 is 1.81 bits per heavy atom. The van der Waals surface area contributed by atoms with Gasteiger partial charge in [-0.05, 0) is 49.6 Å². The molecule has 1 aromatic carbocycles. The molecule has 0 radical (unpaired) electrons. The third-order valence-electron chi connectivity index (χ3n) is 3.34. The predicted octanol–water partition coefficient (Wildman–Crippen LogP) is 2.16. The fraction of sp³-hybridized carbons (Fsp3) is 0.600. The van der Waals surface area contributed by atoms with Gasteiger partial charge in [0, 0.05) is 18.3 Å². The van der Waals surface area contributed by atoms with Crippen LogP contribution in [0.2, 0.25) is 0 Å². The summed E-state index contributed by atoms with van der Waals surface area (Å²) < 4.78 is 26.5. The first-order valence-electron chi connectivity index (χ1n) is 7.47. The van der Waals surface area contributed by atoms with Crippen molar-refractivity contribution in [3.8, 4) is 0 Å². The predicted molar refractivity (Wildman–Crippen MR) is 87.8 cm³/mol. The minimum absolute atomic E-state index is 0.288. The maximum atomic E-state index is 12.0. The van der Waals surface area contributed by atoms with E-state index in [2.05, 4.69) is 23.9 Å². The summed E-state index contributed by atoms with van der Waals surface area (Å²) in [5.74, 6) is 0.461. The lowest BCUT2D eigenvalue weighted by molar-refractivity contribution is 0.499. The first kappa shape index (κ1) is 17.9. The summed E-state index contributed by atoms with van der Waals surface area (Å²) in [7, 11) is -3.39. The van der Waals surface area contributed by atoms with E-state index in [4.69, 9.17) is 5.73 Å². The third kappa shape index (κ3) is 5.65. The molecule has 1 atom stereocenters. The number of anilines is 1. The smallest absolute Gasteiger partial charge is 0.240 e. The molecule has 1 aromatic rings. The van der Waals surface area contributed by atoms with Crippen molar-refractivity contribution in [2.24, 2.45) is 11.7 Å². The zero-order chi connectivity index (χ0) is 15.9. The van der Waals surface area contributed by atoms with E-state index >= 15 is 0 Å². The van der Waals surface area contributed by atoms with Gasteiger partial charge in [0.1, 0.15) is 0 Å². The molecule has 0 spiro atoms. The van der Waals surface area contributed by atoms with Crippen LogP contribution in [0.15, 0.2) is 29.2 Å². The van der Waals surface area contributed by atoms with Crippen molar-refractivity contribution in [3.05, 3.63) is 24.3 Å². The Kier molecular flexibility index (Phi) is 7.14. The SMILES string of the molecule is CCCNS(=O)(=O)c1ccc(NC(CCN)C(C)C)cc1. The van der Waals surface area contributed by atoms with Crippen molar-refractivity contribution in [1.29, 1.82) is 0 Å². The van der Waals surface area contributed by atoms with Gasteiger partial charge in [0.15, 0.2) is 0 Å². The van der Waals surface area contributed by atoms with Crippen LogP contribution >= 0.6 is 0 Å².